The lowest BCUT2D eigenvalue weighted by Gasteiger charge is -2.17. The van der Waals surface area contributed by atoms with E-state index in [-0.39, 0.29) is 5.91 Å². The average Bonchev–Trinajstić information content (AvgIpc) is 3.58. The number of benzene rings is 1. The third-order valence-corrected chi connectivity index (χ3v) is 5.65. The largest absolute Gasteiger partial charge is 0.337 e. The molecule has 4 aromatic heterocycles. The van der Waals surface area contributed by atoms with Crippen LogP contribution in [0.1, 0.15) is 28.5 Å². The summed E-state index contributed by atoms with van der Waals surface area (Å²) in [6.07, 6.45) is 8.93. The first-order valence-electron chi connectivity index (χ1n) is 10.8. The van der Waals surface area contributed by atoms with Gasteiger partial charge in [-0.15, -0.1) is 0 Å². The lowest BCUT2D eigenvalue weighted by atomic mass is 10.1. The van der Waals surface area contributed by atoms with E-state index in [1.54, 1.807) is 39.7 Å². The standard InChI is InChI=1S/C24H24N8O/c1-4-30-16-21(17(2)28-30)22-10-12-25-23-20(14-27-32(22)23)24(33)29(3)15-18-6-8-19(9-7-18)31-13-5-11-26-31/h5-14,16H,4,15H2,1-3H3. The molecule has 9 heteroatoms. The fourth-order valence-electron chi connectivity index (χ4n) is 3.90. The lowest BCUT2D eigenvalue weighted by molar-refractivity contribution is 0.0787. The van der Waals surface area contributed by atoms with Crippen molar-refractivity contribution in [2.75, 3.05) is 7.05 Å². The van der Waals surface area contributed by atoms with Crippen LogP contribution in [0.5, 0.6) is 0 Å². The maximum Gasteiger partial charge on any atom is 0.259 e. The van der Waals surface area contributed by atoms with Gasteiger partial charge < -0.3 is 4.90 Å². The van der Waals surface area contributed by atoms with Gasteiger partial charge in [0.2, 0.25) is 0 Å². The number of amides is 1. The van der Waals surface area contributed by atoms with Crippen molar-refractivity contribution in [2.45, 2.75) is 26.9 Å². The summed E-state index contributed by atoms with van der Waals surface area (Å²) < 4.78 is 5.40. The van der Waals surface area contributed by atoms with Gasteiger partial charge in [0, 0.05) is 50.5 Å². The molecule has 0 bridgehead atoms. The highest BCUT2D eigenvalue weighted by molar-refractivity contribution is 5.99. The van der Waals surface area contributed by atoms with Crippen LogP contribution in [0.15, 0.2) is 67.4 Å². The van der Waals surface area contributed by atoms with Gasteiger partial charge in [-0.1, -0.05) is 12.1 Å². The van der Waals surface area contributed by atoms with Crippen molar-refractivity contribution in [3.8, 4) is 16.9 Å². The van der Waals surface area contributed by atoms with Crippen molar-refractivity contribution >= 4 is 11.6 Å². The van der Waals surface area contributed by atoms with Crippen LogP contribution in [0, 0.1) is 6.92 Å². The van der Waals surface area contributed by atoms with Crippen molar-refractivity contribution in [2.24, 2.45) is 0 Å². The summed E-state index contributed by atoms with van der Waals surface area (Å²) >= 11 is 0. The lowest BCUT2D eigenvalue weighted by Crippen LogP contribution is -2.26. The molecule has 0 aliphatic rings. The number of hydrogen-bond acceptors (Lipinski definition) is 5. The van der Waals surface area contributed by atoms with Crippen molar-refractivity contribution in [1.29, 1.82) is 0 Å². The van der Waals surface area contributed by atoms with E-state index < -0.39 is 0 Å². The summed E-state index contributed by atoms with van der Waals surface area (Å²) in [6, 6.07) is 11.8. The molecule has 0 unspecified atom stereocenters. The van der Waals surface area contributed by atoms with Gasteiger partial charge in [-0.25, -0.2) is 14.2 Å². The Morgan fingerprint density at radius 2 is 1.91 bits per heavy atom. The molecule has 0 aliphatic heterocycles. The molecule has 4 heterocycles. The van der Waals surface area contributed by atoms with Gasteiger partial charge in [-0.3, -0.25) is 9.48 Å². The maximum absolute atomic E-state index is 13.2. The third kappa shape index (κ3) is 3.78. The van der Waals surface area contributed by atoms with Crippen molar-refractivity contribution in [3.63, 3.8) is 0 Å². The van der Waals surface area contributed by atoms with Gasteiger partial charge in [-0.05, 0) is 43.7 Å². The van der Waals surface area contributed by atoms with Crippen LogP contribution < -0.4 is 0 Å². The summed E-state index contributed by atoms with van der Waals surface area (Å²) in [6.45, 7) is 5.27. The van der Waals surface area contributed by atoms with Crippen LogP contribution in [0.3, 0.4) is 0 Å². The Morgan fingerprint density at radius 3 is 2.61 bits per heavy atom. The molecular weight excluding hydrogens is 416 g/mol. The number of rotatable bonds is 6. The van der Waals surface area contributed by atoms with Crippen molar-refractivity contribution in [1.82, 2.24) is 39.1 Å². The molecular formula is C24H24N8O. The number of hydrogen-bond donors (Lipinski definition) is 0. The Labute approximate surface area is 190 Å². The van der Waals surface area contributed by atoms with Crippen LogP contribution in [-0.2, 0) is 13.1 Å². The molecule has 0 fully saturated rings. The number of aryl methyl sites for hydroxylation is 2. The van der Waals surface area contributed by atoms with E-state index in [0.29, 0.717) is 17.8 Å². The predicted octanol–water partition coefficient (Wildman–Crippen LogP) is 3.38. The Balaban J connectivity index is 1.40. The zero-order valence-corrected chi connectivity index (χ0v) is 18.8. The van der Waals surface area contributed by atoms with E-state index in [1.165, 1.54) is 0 Å². The Morgan fingerprint density at radius 1 is 1.09 bits per heavy atom. The van der Waals surface area contributed by atoms with Gasteiger partial charge in [0.25, 0.3) is 5.91 Å². The molecule has 1 amide bonds. The molecule has 166 valence electrons. The summed E-state index contributed by atoms with van der Waals surface area (Å²) in [5.41, 5.74) is 5.72. The average molecular weight is 441 g/mol. The molecule has 0 radical (unpaired) electrons. The second kappa shape index (κ2) is 8.34. The minimum Gasteiger partial charge on any atom is -0.337 e. The minimum absolute atomic E-state index is 0.133. The number of carbonyl (C=O) groups is 1. The van der Waals surface area contributed by atoms with E-state index in [1.807, 2.05) is 67.3 Å². The fraction of sp³-hybridized carbons (Fsp3) is 0.208. The first-order chi connectivity index (χ1) is 16.0. The van der Waals surface area contributed by atoms with Crippen molar-refractivity contribution in [3.05, 3.63) is 84.2 Å². The second-order valence-electron chi connectivity index (χ2n) is 7.89. The van der Waals surface area contributed by atoms with Gasteiger partial charge in [0.1, 0.15) is 5.56 Å². The van der Waals surface area contributed by atoms with Gasteiger partial charge in [0.05, 0.1) is 23.3 Å². The first-order valence-corrected chi connectivity index (χ1v) is 10.8. The number of carbonyl (C=O) groups excluding carboxylic acids is 1. The van der Waals surface area contributed by atoms with Crippen LogP contribution in [0.25, 0.3) is 22.6 Å². The Kier molecular flexibility index (Phi) is 5.21. The SMILES string of the molecule is CCn1cc(-c2ccnc3c(C(=O)N(C)Cc4ccc(-n5cccn5)cc4)cnn23)c(C)n1. The second-order valence-corrected chi connectivity index (χ2v) is 7.89. The molecule has 0 aliphatic carbocycles. The molecule has 5 aromatic rings. The normalized spacial score (nSPS) is 11.2. The molecule has 0 atom stereocenters. The third-order valence-electron chi connectivity index (χ3n) is 5.65. The van der Waals surface area contributed by atoms with E-state index in [9.17, 15) is 4.79 Å². The molecule has 9 nitrogen and oxygen atoms in total. The van der Waals surface area contributed by atoms with Crippen LogP contribution in [-0.4, -0.2) is 52.0 Å². The molecule has 1 aromatic carbocycles. The topological polar surface area (TPSA) is 86.1 Å². The highest BCUT2D eigenvalue weighted by Crippen LogP contribution is 2.24. The predicted molar refractivity (Wildman–Crippen MR) is 124 cm³/mol. The van der Waals surface area contributed by atoms with Crippen LogP contribution >= 0.6 is 0 Å². The molecule has 0 saturated carbocycles. The van der Waals surface area contributed by atoms with Gasteiger partial charge >= 0.3 is 0 Å². The molecule has 0 spiro atoms. The van der Waals surface area contributed by atoms with Crippen LogP contribution in [0.2, 0.25) is 0 Å². The number of nitrogens with zero attached hydrogens (tertiary/aromatic N) is 8. The van der Waals surface area contributed by atoms with E-state index in [4.69, 9.17) is 0 Å². The quantitative estimate of drug-likeness (QED) is 0.404. The highest BCUT2D eigenvalue weighted by atomic mass is 16.2. The summed E-state index contributed by atoms with van der Waals surface area (Å²) in [5, 5.41) is 13.2. The molecule has 33 heavy (non-hydrogen) atoms. The maximum atomic E-state index is 13.2. The van der Waals surface area contributed by atoms with Crippen LogP contribution in [0.4, 0.5) is 0 Å². The highest BCUT2D eigenvalue weighted by Gasteiger charge is 2.21. The van der Waals surface area contributed by atoms with Gasteiger partial charge in [-0.2, -0.15) is 15.3 Å². The van der Waals surface area contributed by atoms with Crippen molar-refractivity contribution < 1.29 is 4.79 Å². The fourth-order valence-corrected chi connectivity index (χ4v) is 3.90. The van der Waals surface area contributed by atoms with E-state index in [2.05, 4.69) is 20.3 Å². The molecule has 5 rings (SSSR count). The molecule has 0 N–H and O–H groups in total. The van der Waals surface area contributed by atoms with E-state index >= 15 is 0 Å². The molecule has 0 saturated heterocycles. The summed E-state index contributed by atoms with van der Waals surface area (Å²) in [7, 11) is 1.78. The summed E-state index contributed by atoms with van der Waals surface area (Å²) in [5.74, 6) is -0.133. The van der Waals surface area contributed by atoms with Gasteiger partial charge in [0.15, 0.2) is 5.65 Å². The Hall–Kier alpha value is -4.27. The Bertz CT molecular complexity index is 1410. The first kappa shape index (κ1) is 20.6. The monoisotopic (exact) mass is 440 g/mol. The number of fused-ring (bicyclic) bond motifs is 1. The minimum atomic E-state index is -0.133. The zero-order valence-electron chi connectivity index (χ0n) is 18.8. The number of aromatic nitrogens is 7. The smallest absolute Gasteiger partial charge is 0.259 e. The zero-order chi connectivity index (χ0) is 22.9. The van der Waals surface area contributed by atoms with E-state index in [0.717, 1.165) is 34.7 Å². The summed E-state index contributed by atoms with van der Waals surface area (Å²) in [4.78, 5) is 19.4.